The van der Waals surface area contributed by atoms with Crippen molar-refractivity contribution in [2.24, 2.45) is 5.41 Å². The number of hydrogen-bond acceptors (Lipinski definition) is 4. The molecular weight excluding hydrogens is 206 g/mol. The lowest BCUT2D eigenvalue weighted by Crippen LogP contribution is -2.26. The second-order valence-corrected chi connectivity index (χ2v) is 4.86. The molecule has 0 saturated heterocycles. The SMILES string of the molecule is CC1(C)COc2ccc(CNO)cc2OC1. The van der Waals surface area contributed by atoms with Gasteiger partial charge in [-0.25, -0.2) is 5.48 Å². The zero-order valence-corrected chi connectivity index (χ0v) is 9.62. The first-order chi connectivity index (χ1) is 7.61. The summed E-state index contributed by atoms with van der Waals surface area (Å²) in [5.74, 6) is 1.52. The molecule has 0 unspecified atom stereocenters. The van der Waals surface area contributed by atoms with Crippen molar-refractivity contribution >= 4 is 0 Å². The van der Waals surface area contributed by atoms with E-state index in [1.165, 1.54) is 0 Å². The van der Waals surface area contributed by atoms with Gasteiger partial charge in [-0.1, -0.05) is 19.9 Å². The molecule has 0 amide bonds. The van der Waals surface area contributed by atoms with Crippen LogP contribution in [0.1, 0.15) is 19.4 Å². The standard InChI is InChI=1S/C12H17NO3/c1-12(2)7-15-10-4-3-9(6-13-14)5-11(10)16-8-12/h3-5,13-14H,6-8H2,1-2H3. The number of benzene rings is 1. The van der Waals surface area contributed by atoms with Crippen molar-refractivity contribution in [3.8, 4) is 11.5 Å². The summed E-state index contributed by atoms with van der Waals surface area (Å²) in [6, 6.07) is 5.67. The van der Waals surface area contributed by atoms with Gasteiger partial charge in [0, 0.05) is 12.0 Å². The normalized spacial score (nSPS) is 17.9. The van der Waals surface area contributed by atoms with Gasteiger partial charge in [0.05, 0.1) is 13.2 Å². The van der Waals surface area contributed by atoms with E-state index in [0.717, 1.165) is 17.1 Å². The number of fused-ring (bicyclic) bond motifs is 1. The van der Waals surface area contributed by atoms with E-state index in [-0.39, 0.29) is 5.41 Å². The zero-order chi connectivity index (χ0) is 11.6. The maximum absolute atomic E-state index is 8.64. The second-order valence-electron chi connectivity index (χ2n) is 4.86. The zero-order valence-electron chi connectivity index (χ0n) is 9.62. The van der Waals surface area contributed by atoms with E-state index in [4.69, 9.17) is 14.7 Å². The number of hydroxylamine groups is 1. The summed E-state index contributed by atoms with van der Waals surface area (Å²) in [5.41, 5.74) is 3.11. The van der Waals surface area contributed by atoms with Crippen molar-refractivity contribution < 1.29 is 14.7 Å². The van der Waals surface area contributed by atoms with Crippen LogP contribution in [0, 0.1) is 5.41 Å². The third kappa shape index (κ3) is 2.46. The molecule has 0 atom stereocenters. The molecule has 1 aliphatic rings. The van der Waals surface area contributed by atoms with Crippen LogP contribution >= 0.6 is 0 Å². The van der Waals surface area contributed by atoms with Gasteiger partial charge in [0.25, 0.3) is 0 Å². The van der Waals surface area contributed by atoms with E-state index in [1.54, 1.807) is 0 Å². The van der Waals surface area contributed by atoms with Gasteiger partial charge in [-0.15, -0.1) is 0 Å². The fourth-order valence-electron chi connectivity index (χ4n) is 1.57. The minimum absolute atomic E-state index is 0.0222. The van der Waals surface area contributed by atoms with E-state index in [9.17, 15) is 0 Å². The molecule has 1 aromatic rings. The van der Waals surface area contributed by atoms with Gasteiger partial charge in [-0.3, -0.25) is 0 Å². The number of ether oxygens (including phenoxy) is 2. The monoisotopic (exact) mass is 223 g/mol. The van der Waals surface area contributed by atoms with Gasteiger partial charge < -0.3 is 14.7 Å². The predicted octanol–water partition coefficient (Wildman–Crippen LogP) is 1.96. The first-order valence-corrected chi connectivity index (χ1v) is 5.36. The van der Waals surface area contributed by atoms with E-state index < -0.39 is 0 Å². The number of rotatable bonds is 2. The van der Waals surface area contributed by atoms with Gasteiger partial charge in [0.2, 0.25) is 0 Å². The molecule has 2 N–H and O–H groups in total. The molecule has 88 valence electrons. The van der Waals surface area contributed by atoms with Crippen molar-refractivity contribution in [1.82, 2.24) is 5.48 Å². The molecule has 16 heavy (non-hydrogen) atoms. The fourth-order valence-corrected chi connectivity index (χ4v) is 1.57. The molecule has 0 saturated carbocycles. The van der Waals surface area contributed by atoms with Crippen LogP contribution in [0.3, 0.4) is 0 Å². The first-order valence-electron chi connectivity index (χ1n) is 5.36. The highest BCUT2D eigenvalue weighted by Gasteiger charge is 2.25. The van der Waals surface area contributed by atoms with Gasteiger partial charge >= 0.3 is 0 Å². The molecule has 4 heteroatoms. The summed E-state index contributed by atoms with van der Waals surface area (Å²) in [7, 11) is 0. The summed E-state index contributed by atoms with van der Waals surface area (Å²) < 4.78 is 11.4. The molecule has 0 spiro atoms. The van der Waals surface area contributed by atoms with Crippen LogP contribution in [0.25, 0.3) is 0 Å². The van der Waals surface area contributed by atoms with E-state index in [2.05, 4.69) is 19.3 Å². The Bertz CT molecular complexity index is 377. The first kappa shape index (κ1) is 11.2. The lowest BCUT2D eigenvalue weighted by Gasteiger charge is -2.19. The Morgan fingerprint density at radius 2 is 1.94 bits per heavy atom. The van der Waals surface area contributed by atoms with Gasteiger partial charge in [-0.05, 0) is 17.7 Å². The van der Waals surface area contributed by atoms with Crippen molar-refractivity contribution in [2.45, 2.75) is 20.4 Å². The molecule has 1 heterocycles. The third-order valence-electron chi connectivity index (χ3n) is 2.53. The highest BCUT2D eigenvalue weighted by Crippen LogP contribution is 2.34. The fraction of sp³-hybridized carbons (Fsp3) is 0.500. The topological polar surface area (TPSA) is 50.7 Å². The third-order valence-corrected chi connectivity index (χ3v) is 2.53. The molecule has 4 nitrogen and oxygen atoms in total. The summed E-state index contributed by atoms with van der Waals surface area (Å²) in [6.45, 7) is 5.90. The number of hydrogen-bond donors (Lipinski definition) is 2. The molecule has 0 aromatic heterocycles. The molecule has 0 bridgehead atoms. The Morgan fingerprint density at radius 1 is 1.25 bits per heavy atom. The summed E-state index contributed by atoms with van der Waals surface area (Å²) in [5, 5.41) is 8.64. The van der Waals surface area contributed by atoms with Crippen molar-refractivity contribution in [2.75, 3.05) is 13.2 Å². The number of nitrogens with one attached hydrogen (secondary N) is 1. The maximum Gasteiger partial charge on any atom is 0.161 e. The molecular formula is C12H17NO3. The Hall–Kier alpha value is -1.26. The Kier molecular flexibility index (Phi) is 3.03. The summed E-state index contributed by atoms with van der Waals surface area (Å²) >= 11 is 0. The Balaban J connectivity index is 2.21. The minimum Gasteiger partial charge on any atom is -0.489 e. The maximum atomic E-state index is 8.64. The largest absolute Gasteiger partial charge is 0.489 e. The van der Waals surface area contributed by atoms with Crippen LogP contribution in [0.5, 0.6) is 11.5 Å². The smallest absolute Gasteiger partial charge is 0.161 e. The predicted molar refractivity (Wildman–Crippen MR) is 59.8 cm³/mol. The van der Waals surface area contributed by atoms with E-state index >= 15 is 0 Å². The van der Waals surface area contributed by atoms with Crippen molar-refractivity contribution in [1.29, 1.82) is 0 Å². The summed E-state index contributed by atoms with van der Waals surface area (Å²) in [6.07, 6.45) is 0. The van der Waals surface area contributed by atoms with Gasteiger partial charge in [0.15, 0.2) is 11.5 Å². The van der Waals surface area contributed by atoms with Gasteiger partial charge in [-0.2, -0.15) is 0 Å². The van der Waals surface area contributed by atoms with Crippen molar-refractivity contribution in [3.05, 3.63) is 23.8 Å². The minimum atomic E-state index is 0.0222. The van der Waals surface area contributed by atoms with Crippen LogP contribution in [0.4, 0.5) is 0 Å². The highest BCUT2D eigenvalue weighted by molar-refractivity contribution is 5.43. The van der Waals surface area contributed by atoms with Crippen LogP contribution in [0.15, 0.2) is 18.2 Å². The van der Waals surface area contributed by atoms with Gasteiger partial charge in [0.1, 0.15) is 0 Å². The molecule has 1 aromatic carbocycles. The van der Waals surface area contributed by atoms with Crippen LogP contribution in [-0.4, -0.2) is 18.4 Å². The second kappa shape index (κ2) is 4.31. The van der Waals surface area contributed by atoms with E-state index in [0.29, 0.717) is 19.8 Å². The average Bonchev–Trinajstić information content (AvgIpc) is 2.39. The van der Waals surface area contributed by atoms with Crippen molar-refractivity contribution in [3.63, 3.8) is 0 Å². The Labute approximate surface area is 95.1 Å². The van der Waals surface area contributed by atoms with Crippen LogP contribution in [0.2, 0.25) is 0 Å². The lowest BCUT2D eigenvalue weighted by molar-refractivity contribution is 0.140. The Morgan fingerprint density at radius 3 is 2.62 bits per heavy atom. The van der Waals surface area contributed by atoms with Crippen LogP contribution < -0.4 is 15.0 Å². The highest BCUT2D eigenvalue weighted by atomic mass is 16.5. The quantitative estimate of drug-likeness (QED) is 0.752. The average molecular weight is 223 g/mol. The molecule has 2 rings (SSSR count). The molecule has 0 fully saturated rings. The molecule has 0 radical (unpaired) electrons. The van der Waals surface area contributed by atoms with Crippen LogP contribution in [-0.2, 0) is 6.54 Å². The lowest BCUT2D eigenvalue weighted by atomic mass is 9.97. The van der Waals surface area contributed by atoms with E-state index in [1.807, 2.05) is 18.2 Å². The molecule has 1 aliphatic heterocycles. The molecule has 0 aliphatic carbocycles. The summed E-state index contributed by atoms with van der Waals surface area (Å²) in [4.78, 5) is 0.